The van der Waals surface area contributed by atoms with Crippen LogP contribution >= 0.6 is 0 Å². The van der Waals surface area contributed by atoms with Crippen molar-refractivity contribution in [1.82, 2.24) is 0 Å². The first-order valence-corrected chi connectivity index (χ1v) is 5.86. The van der Waals surface area contributed by atoms with Gasteiger partial charge < -0.3 is 4.74 Å². The molecule has 2 aromatic carbocycles. The average Bonchev–Trinajstić information content (AvgIpc) is 2.71. The number of allylic oxidation sites excluding steroid dienone is 1. The topological polar surface area (TPSA) is 9.23 Å². The van der Waals surface area contributed by atoms with Crippen molar-refractivity contribution in [1.29, 1.82) is 0 Å². The third-order valence-electron chi connectivity index (χ3n) is 3.42. The molecule has 1 nitrogen and oxygen atoms in total. The smallest absolute Gasteiger partial charge is 0.150 e. The van der Waals surface area contributed by atoms with E-state index < -0.39 is 6.08 Å². The maximum Gasteiger partial charge on any atom is 0.150 e. The van der Waals surface area contributed by atoms with Crippen LogP contribution in [0.25, 0.3) is 5.57 Å². The molecule has 1 aliphatic carbocycles. The van der Waals surface area contributed by atoms with Crippen LogP contribution in [-0.4, -0.2) is 0 Å². The van der Waals surface area contributed by atoms with Gasteiger partial charge >= 0.3 is 0 Å². The first-order valence-electron chi connectivity index (χ1n) is 6.36. The average molecular weight is 221 g/mol. The van der Waals surface area contributed by atoms with Gasteiger partial charge in [0.15, 0.2) is 0 Å². The summed E-state index contributed by atoms with van der Waals surface area (Å²) >= 11 is 0. The first kappa shape index (κ1) is 8.13. The van der Waals surface area contributed by atoms with Crippen LogP contribution in [0.1, 0.15) is 24.1 Å². The lowest BCUT2D eigenvalue weighted by molar-refractivity contribution is 0.280. The second-order valence-corrected chi connectivity index (χ2v) is 4.41. The van der Waals surface area contributed by atoms with Crippen LogP contribution in [0.3, 0.4) is 0 Å². The van der Waals surface area contributed by atoms with E-state index in [1.54, 1.807) is 0 Å². The molecule has 0 amide bonds. The van der Waals surface area contributed by atoms with E-state index in [4.69, 9.17) is 6.11 Å². The highest BCUT2D eigenvalue weighted by molar-refractivity contribution is 5.80. The zero-order chi connectivity index (χ0) is 12.2. The maximum atomic E-state index is 8.71. The molecule has 0 spiro atoms. The number of benzene rings is 2. The molecular weight excluding hydrogens is 208 g/mol. The van der Waals surface area contributed by atoms with E-state index in [-0.39, 0.29) is 0 Å². The van der Waals surface area contributed by atoms with Gasteiger partial charge in [0.25, 0.3) is 0 Å². The fourth-order valence-electron chi connectivity index (χ4n) is 2.60. The van der Waals surface area contributed by atoms with E-state index in [1.165, 1.54) is 5.56 Å². The van der Waals surface area contributed by atoms with Crippen molar-refractivity contribution >= 4 is 5.57 Å². The molecule has 0 radical (unpaired) electrons. The molecule has 0 aromatic heterocycles. The van der Waals surface area contributed by atoms with Gasteiger partial charge in [-0.3, -0.25) is 0 Å². The fourth-order valence-corrected chi connectivity index (χ4v) is 2.60. The molecule has 17 heavy (non-hydrogen) atoms. The van der Waals surface area contributed by atoms with Crippen molar-refractivity contribution in [3.63, 3.8) is 0 Å². The van der Waals surface area contributed by atoms with Gasteiger partial charge in [-0.05, 0) is 18.1 Å². The van der Waals surface area contributed by atoms with E-state index in [2.05, 4.69) is 12.1 Å². The van der Waals surface area contributed by atoms with Crippen LogP contribution in [0.5, 0.6) is 5.75 Å². The first-order chi connectivity index (χ1) is 8.79. The lowest BCUT2D eigenvalue weighted by atomic mass is 9.87. The number of hydrogen-bond acceptors (Lipinski definition) is 1. The molecule has 1 atom stereocenters. The van der Waals surface area contributed by atoms with Gasteiger partial charge in [-0.2, -0.15) is 0 Å². The fraction of sp³-hybridized carbons (Fsp3) is 0.125. The van der Waals surface area contributed by atoms with Gasteiger partial charge in [-0.15, -0.1) is 0 Å². The number of ether oxygens (including phenoxy) is 1. The summed E-state index contributed by atoms with van der Waals surface area (Å²) in [5, 5.41) is 0. The minimum absolute atomic E-state index is 0.815. The highest BCUT2D eigenvalue weighted by Crippen LogP contribution is 2.48. The van der Waals surface area contributed by atoms with Crippen molar-refractivity contribution in [3.8, 4) is 5.75 Å². The number of rotatable bonds is 0. The SMILES string of the molecule is [2H]C12Oc3ccccc3C1=CCc1ccccc12. The van der Waals surface area contributed by atoms with E-state index in [0.717, 1.165) is 28.9 Å². The Morgan fingerprint density at radius 1 is 1.06 bits per heavy atom. The summed E-state index contributed by atoms with van der Waals surface area (Å²) in [7, 11) is 0. The molecule has 1 aliphatic heterocycles. The van der Waals surface area contributed by atoms with Gasteiger partial charge in [-0.1, -0.05) is 48.5 Å². The van der Waals surface area contributed by atoms with Crippen molar-refractivity contribution in [2.24, 2.45) is 0 Å². The Morgan fingerprint density at radius 3 is 2.88 bits per heavy atom. The van der Waals surface area contributed by atoms with Crippen molar-refractivity contribution in [2.75, 3.05) is 0 Å². The molecule has 2 aliphatic rings. The molecule has 1 heterocycles. The Morgan fingerprint density at radius 2 is 1.88 bits per heavy atom. The molecule has 0 bridgehead atoms. The van der Waals surface area contributed by atoms with E-state index >= 15 is 0 Å². The van der Waals surface area contributed by atoms with Crippen molar-refractivity contribution in [2.45, 2.75) is 12.5 Å². The summed E-state index contributed by atoms with van der Waals surface area (Å²) in [6.07, 6.45) is 1.95. The summed E-state index contributed by atoms with van der Waals surface area (Å²) in [5.74, 6) is 0.815. The summed E-state index contributed by atoms with van der Waals surface area (Å²) in [6, 6.07) is 16.0. The molecule has 0 saturated carbocycles. The predicted octanol–water partition coefficient (Wildman–Crippen LogP) is 3.76. The van der Waals surface area contributed by atoms with Crippen LogP contribution in [0.2, 0.25) is 0 Å². The highest BCUT2D eigenvalue weighted by atomic mass is 16.5. The van der Waals surface area contributed by atoms with Crippen molar-refractivity contribution in [3.05, 3.63) is 71.3 Å². The molecule has 2 aromatic rings. The van der Waals surface area contributed by atoms with Crippen LogP contribution in [-0.2, 0) is 6.42 Å². The van der Waals surface area contributed by atoms with Crippen LogP contribution in [0.4, 0.5) is 0 Å². The van der Waals surface area contributed by atoms with Gasteiger partial charge in [-0.25, -0.2) is 0 Å². The summed E-state index contributed by atoms with van der Waals surface area (Å²) < 4.78 is 14.6. The Kier molecular flexibility index (Phi) is 1.55. The summed E-state index contributed by atoms with van der Waals surface area (Å²) in [4.78, 5) is 0. The van der Waals surface area contributed by atoms with E-state index in [1.807, 2.05) is 42.5 Å². The largest absolute Gasteiger partial charge is 0.480 e. The number of para-hydroxylation sites is 1. The third kappa shape index (κ3) is 1.19. The molecule has 1 unspecified atom stereocenters. The standard InChI is InChI=1S/C16H12O/c1-2-6-12-11(5-1)9-10-14-13-7-3-4-8-15(13)17-16(12)14/h1-8,10,16H,9H2/i16D. The molecule has 1 heteroatoms. The number of fused-ring (bicyclic) bond motifs is 5. The second-order valence-electron chi connectivity index (χ2n) is 4.41. The van der Waals surface area contributed by atoms with Crippen molar-refractivity contribution < 1.29 is 6.11 Å². The van der Waals surface area contributed by atoms with Gasteiger partial charge in [0, 0.05) is 16.7 Å². The zero-order valence-corrected chi connectivity index (χ0v) is 9.31. The lowest BCUT2D eigenvalue weighted by Gasteiger charge is -2.20. The van der Waals surface area contributed by atoms with E-state index in [0.29, 0.717) is 0 Å². The highest BCUT2D eigenvalue weighted by Gasteiger charge is 2.32. The molecular formula is C16H12O. The van der Waals surface area contributed by atoms with Gasteiger partial charge in [0.05, 0.1) is 1.37 Å². The van der Waals surface area contributed by atoms with Crippen LogP contribution < -0.4 is 4.74 Å². The molecule has 4 rings (SSSR count). The quantitative estimate of drug-likeness (QED) is 0.658. The Labute approximate surface area is 102 Å². The minimum atomic E-state index is -1.06. The monoisotopic (exact) mass is 221 g/mol. The van der Waals surface area contributed by atoms with E-state index in [9.17, 15) is 0 Å². The summed E-state index contributed by atoms with van der Waals surface area (Å²) in [5.41, 5.74) is 4.20. The number of hydrogen-bond donors (Lipinski definition) is 0. The summed E-state index contributed by atoms with van der Waals surface area (Å²) in [6.45, 7) is 0. The zero-order valence-electron chi connectivity index (χ0n) is 10.3. The minimum Gasteiger partial charge on any atom is -0.480 e. The van der Waals surface area contributed by atoms with Gasteiger partial charge in [0.1, 0.15) is 11.8 Å². The van der Waals surface area contributed by atoms with Crippen LogP contribution in [0.15, 0.2) is 54.6 Å². The third-order valence-corrected chi connectivity index (χ3v) is 3.42. The van der Waals surface area contributed by atoms with Gasteiger partial charge in [0.2, 0.25) is 0 Å². The normalized spacial score (nSPS) is 24.9. The molecule has 0 saturated heterocycles. The second kappa shape index (κ2) is 3.24. The van der Waals surface area contributed by atoms with Crippen LogP contribution in [0, 0.1) is 0 Å². The molecule has 0 N–H and O–H groups in total. The Bertz CT molecular complexity index is 674. The predicted molar refractivity (Wildman–Crippen MR) is 67.9 cm³/mol. The molecule has 0 fully saturated rings. The Hall–Kier alpha value is -2.02. The maximum absolute atomic E-state index is 8.71. The molecule has 82 valence electrons. The lowest BCUT2D eigenvalue weighted by Crippen LogP contribution is -2.10. The Balaban J connectivity index is 1.98.